The van der Waals surface area contributed by atoms with E-state index in [1.54, 1.807) is 0 Å². The molecule has 0 aliphatic rings. The summed E-state index contributed by atoms with van der Waals surface area (Å²) in [6, 6.07) is 8.06. The third kappa shape index (κ3) is 2.79. The van der Waals surface area contributed by atoms with Gasteiger partial charge in [0.25, 0.3) is 0 Å². The first-order chi connectivity index (χ1) is 6.54. The number of hydrogen-bond acceptors (Lipinski definition) is 1. The topological polar surface area (TPSA) is 9.23 Å². The Labute approximate surface area is 85.7 Å². The van der Waals surface area contributed by atoms with Gasteiger partial charge in [0.15, 0.2) is 0 Å². The minimum Gasteiger partial charge on any atom is -0.457 e. The largest absolute Gasteiger partial charge is 0.457 e. The molecule has 0 aliphatic heterocycles. The molecular weight excluding hydrogens is 172 g/mol. The molecule has 0 unspecified atom stereocenters. The zero-order valence-corrected chi connectivity index (χ0v) is 9.00. The van der Waals surface area contributed by atoms with Crippen molar-refractivity contribution in [2.75, 3.05) is 0 Å². The number of rotatable bonds is 2. The molecule has 0 aliphatic carbocycles. The van der Waals surface area contributed by atoms with Crippen molar-refractivity contribution in [3.8, 4) is 5.75 Å². The van der Waals surface area contributed by atoms with Crippen molar-refractivity contribution in [3.05, 3.63) is 48.4 Å². The molecule has 0 saturated carbocycles. The van der Waals surface area contributed by atoms with E-state index in [0.29, 0.717) is 0 Å². The highest BCUT2D eigenvalue weighted by Gasteiger charge is 2.12. The molecule has 0 amide bonds. The second kappa shape index (κ2) is 4.17. The summed E-state index contributed by atoms with van der Waals surface area (Å²) in [5.41, 5.74) is 4.05. The summed E-state index contributed by atoms with van der Waals surface area (Å²) < 4.78 is 5.22. The van der Waals surface area contributed by atoms with Gasteiger partial charge in [-0.2, -0.15) is 0 Å². The van der Waals surface area contributed by atoms with Crippen LogP contribution in [-0.4, -0.2) is 0 Å². The van der Waals surface area contributed by atoms with Crippen molar-refractivity contribution in [1.29, 1.82) is 0 Å². The molecule has 1 nitrogen and oxygen atoms in total. The predicted molar refractivity (Wildman–Crippen MR) is 59.5 cm³/mol. The molecule has 0 bridgehead atoms. The average molecular weight is 188 g/mol. The van der Waals surface area contributed by atoms with Crippen molar-refractivity contribution in [1.82, 2.24) is 0 Å². The first-order valence-electron chi connectivity index (χ1n) is 4.65. The van der Waals surface area contributed by atoms with Crippen molar-refractivity contribution in [2.24, 2.45) is 0 Å². The number of ether oxygens (including phenoxy) is 1. The van der Waals surface area contributed by atoms with Gasteiger partial charge >= 0.3 is 0 Å². The third-order valence-corrected chi connectivity index (χ3v) is 2.00. The SMILES string of the molecule is C=C=COc1ccc(C(C)(C)C)cc1. The van der Waals surface area contributed by atoms with Crippen LogP contribution in [-0.2, 0) is 5.41 Å². The molecule has 0 saturated heterocycles. The molecule has 14 heavy (non-hydrogen) atoms. The summed E-state index contributed by atoms with van der Waals surface area (Å²) in [5.74, 6) is 0.814. The summed E-state index contributed by atoms with van der Waals surface area (Å²) in [5, 5.41) is 0. The Hall–Kier alpha value is -1.46. The van der Waals surface area contributed by atoms with Crippen LogP contribution in [0.4, 0.5) is 0 Å². The van der Waals surface area contributed by atoms with Crippen LogP contribution in [0.3, 0.4) is 0 Å². The maximum atomic E-state index is 5.22. The van der Waals surface area contributed by atoms with Crippen molar-refractivity contribution in [3.63, 3.8) is 0 Å². The molecule has 0 N–H and O–H groups in total. The molecule has 0 aromatic heterocycles. The summed E-state index contributed by atoms with van der Waals surface area (Å²) in [7, 11) is 0. The molecule has 0 radical (unpaired) electrons. The predicted octanol–water partition coefficient (Wildman–Crippen LogP) is 3.66. The fourth-order valence-electron chi connectivity index (χ4n) is 1.14. The Kier molecular flexibility index (Phi) is 3.16. The highest BCUT2D eigenvalue weighted by atomic mass is 16.5. The third-order valence-electron chi connectivity index (χ3n) is 2.00. The average Bonchev–Trinajstić information content (AvgIpc) is 2.14. The minimum atomic E-state index is 0.187. The van der Waals surface area contributed by atoms with Gasteiger partial charge in [0.1, 0.15) is 12.0 Å². The molecule has 1 aromatic rings. The summed E-state index contributed by atoms with van der Waals surface area (Å²) in [4.78, 5) is 0. The number of benzene rings is 1. The van der Waals surface area contributed by atoms with E-state index in [2.05, 4.69) is 45.2 Å². The van der Waals surface area contributed by atoms with Gasteiger partial charge in [0.2, 0.25) is 0 Å². The Bertz CT molecular complexity index is 334. The second-order valence-corrected chi connectivity index (χ2v) is 4.21. The minimum absolute atomic E-state index is 0.187. The zero-order valence-electron chi connectivity index (χ0n) is 9.00. The summed E-state index contributed by atoms with van der Waals surface area (Å²) >= 11 is 0. The van der Waals surface area contributed by atoms with Crippen LogP contribution in [0, 0.1) is 0 Å². The van der Waals surface area contributed by atoms with Crippen LogP contribution in [0.25, 0.3) is 0 Å². The maximum absolute atomic E-state index is 5.22. The first-order valence-corrected chi connectivity index (χ1v) is 4.65. The van der Waals surface area contributed by atoms with Gasteiger partial charge in [0.05, 0.1) is 0 Å². The summed E-state index contributed by atoms with van der Waals surface area (Å²) in [6.45, 7) is 9.99. The fourth-order valence-corrected chi connectivity index (χ4v) is 1.14. The van der Waals surface area contributed by atoms with E-state index < -0.39 is 0 Å². The van der Waals surface area contributed by atoms with Gasteiger partial charge in [-0.15, -0.1) is 0 Å². The fraction of sp³-hybridized carbons (Fsp3) is 0.308. The highest BCUT2D eigenvalue weighted by molar-refractivity contribution is 5.31. The van der Waals surface area contributed by atoms with E-state index >= 15 is 0 Å². The van der Waals surface area contributed by atoms with Crippen molar-refractivity contribution < 1.29 is 4.74 Å². The van der Waals surface area contributed by atoms with Gasteiger partial charge in [-0.05, 0) is 23.1 Å². The molecule has 1 aromatic carbocycles. The lowest BCUT2D eigenvalue weighted by Crippen LogP contribution is -2.10. The maximum Gasteiger partial charge on any atom is 0.133 e. The Morgan fingerprint density at radius 3 is 2.21 bits per heavy atom. The van der Waals surface area contributed by atoms with Crippen LogP contribution in [0.2, 0.25) is 0 Å². The van der Waals surface area contributed by atoms with E-state index in [1.807, 2.05) is 12.1 Å². The van der Waals surface area contributed by atoms with Gasteiger partial charge in [-0.25, -0.2) is 0 Å². The molecule has 0 spiro atoms. The quantitative estimate of drug-likeness (QED) is 0.508. The van der Waals surface area contributed by atoms with Crippen LogP contribution in [0.15, 0.2) is 42.8 Å². The van der Waals surface area contributed by atoms with E-state index in [1.165, 1.54) is 11.8 Å². The van der Waals surface area contributed by atoms with Gasteiger partial charge in [0, 0.05) is 0 Å². The smallest absolute Gasteiger partial charge is 0.133 e. The molecule has 0 fully saturated rings. The first kappa shape index (κ1) is 10.6. The molecular formula is C13H16O. The van der Waals surface area contributed by atoms with Crippen molar-refractivity contribution in [2.45, 2.75) is 26.2 Å². The Balaban J connectivity index is 2.83. The molecule has 1 heteroatoms. The standard InChI is InChI=1S/C13H16O/c1-5-10-14-12-8-6-11(7-9-12)13(2,3)4/h6-10H,1H2,2-4H3. The van der Waals surface area contributed by atoms with Gasteiger partial charge < -0.3 is 4.74 Å². The lowest BCUT2D eigenvalue weighted by atomic mass is 9.87. The lowest BCUT2D eigenvalue weighted by molar-refractivity contribution is 0.481. The lowest BCUT2D eigenvalue weighted by Gasteiger charge is -2.18. The van der Waals surface area contributed by atoms with Crippen LogP contribution in [0.5, 0.6) is 5.75 Å². The van der Waals surface area contributed by atoms with E-state index in [4.69, 9.17) is 4.74 Å². The van der Waals surface area contributed by atoms with Gasteiger partial charge in [-0.3, -0.25) is 0 Å². The van der Waals surface area contributed by atoms with Crippen molar-refractivity contribution >= 4 is 0 Å². The van der Waals surface area contributed by atoms with E-state index in [0.717, 1.165) is 5.75 Å². The Morgan fingerprint density at radius 1 is 1.21 bits per heavy atom. The molecule has 0 atom stereocenters. The normalized spacial score (nSPS) is 10.5. The summed E-state index contributed by atoms with van der Waals surface area (Å²) in [6.07, 6.45) is 1.45. The number of hydrogen-bond donors (Lipinski definition) is 0. The molecule has 0 heterocycles. The van der Waals surface area contributed by atoms with E-state index in [9.17, 15) is 0 Å². The van der Waals surface area contributed by atoms with Crippen LogP contribution >= 0.6 is 0 Å². The van der Waals surface area contributed by atoms with Crippen LogP contribution < -0.4 is 4.74 Å². The highest BCUT2D eigenvalue weighted by Crippen LogP contribution is 2.24. The monoisotopic (exact) mass is 188 g/mol. The Morgan fingerprint density at radius 2 is 1.79 bits per heavy atom. The molecule has 74 valence electrons. The second-order valence-electron chi connectivity index (χ2n) is 4.21. The van der Waals surface area contributed by atoms with Gasteiger partial charge in [-0.1, -0.05) is 45.2 Å². The zero-order chi connectivity index (χ0) is 10.6. The van der Waals surface area contributed by atoms with E-state index in [-0.39, 0.29) is 5.41 Å². The molecule has 1 rings (SSSR count). The van der Waals surface area contributed by atoms with Crippen LogP contribution in [0.1, 0.15) is 26.3 Å².